The molecule has 0 amide bonds. The summed E-state index contributed by atoms with van der Waals surface area (Å²) in [6.45, 7) is 5.01. The van der Waals surface area contributed by atoms with E-state index in [4.69, 9.17) is 5.73 Å². The lowest BCUT2D eigenvalue weighted by Gasteiger charge is -2.31. The summed E-state index contributed by atoms with van der Waals surface area (Å²) in [5.41, 5.74) is 4.37. The van der Waals surface area contributed by atoms with Gasteiger partial charge in [-0.25, -0.2) is 4.98 Å². The summed E-state index contributed by atoms with van der Waals surface area (Å²) in [5, 5.41) is 0. The van der Waals surface area contributed by atoms with E-state index in [1.54, 1.807) is 4.90 Å². The molecule has 0 bridgehead atoms. The molecule has 2 N–H and O–H groups in total. The Kier molecular flexibility index (Phi) is 5.15. The summed E-state index contributed by atoms with van der Waals surface area (Å²) in [4.78, 5) is 10.9. The molecule has 1 rings (SSSR count). The molecule has 0 fully saturated rings. The normalized spacial score (nSPS) is 13.6. The van der Waals surface area contributed by atoms with Gasteiger partial charge in [-0.05, 0) is 27.9 Å². The van der Waals surface area contributed by atoms with Crippen LogP contribution in [-0.4, -0.2) is 48.1 Å². The van der Waals surface area contributed by atoms with Crippen LogP contribution in [0.3, 0.4) is 0 Å². The van der Waals surface area contributed by atoms with Crippen molar-refractivity contribution in [3.8, 4) is 0 Å². The lowest BCUT2D eigenvalue weighted by atomic mass is 10.2. The lowest BCUT2D eigenvalue weighted by molar-refractivity contribution is -0.141. The summed E-state index contributed by atoms with van der Waals surface area (Å²) >= 11 is 0. The topological polar surface area (TPSA) is 58.3 Å². The van der Waals surface area contributed by atoms with Crippen LogP contribution in [0, 0.1) is 0 Å². The van der Waals surface area contributed by atoms with E-state index in [9.17, 15) is 13.2 Å². The van der Waals surface area contributed by atoms with Crippen molar-refractivity contribution in [1.82, 2.24) is 14.9 Å². The van der Waals surface area contributed by atoms with E-state index in [0.29, 0.717) is 13.1 Å². The molecule has 0 aliphatic rings. The average Bonchev–Trinajstić information content (AvgIpc) is 2.26. The summed E-state index contributed by atoms with van der Waals surface area (Å²) in [5.74, 6) is -0.174. The number of halogens is 3. The molecule has 0 radical (unpaired) electrons. The van der Waals surface area contributed by atoms with Crippen molar-refractivity contribution in [2.24, 2.45) is 0 Å². The Morgan fingerprint density at radius 1 is 1.30 bits per heavy atom. The third kappa shape index (κ3) is 4.22. The second-order valence-electron chi connectivity index (χ2n) is 4.86. The van der Waals surface area contributed by atoms with Crippen LogP contribution >= 0.6 is 0 Å². The number of nitrogens with zero attached hydrogens (tertiary/aromatic N) is 4. The monoisotopic (exact) mass is 291 g/mol. The zero-order valence-corrected chi connectivity index (χ0v) is 12.1. The standard InChI is InChI=1S/C12H20F3N5/c1-5-20(8(2)7-19(3)4)10-6-9(12(13,14)15)17-11(16)18-10/h6,8H,5,7H2,1-4H3,(H2,16,17,18). The van der Waals surface area contributed by atoms with Crippen molar-refractivity contribution < 1.29 is 13.2 Å². The van der Waals surface area contributed by atoms with Crippen LogP contribution in [0.1, 0.15) is 19.5 Å². The predicted octanol–water partition coefficient (Wildman–Crippen LogP) is 1.85. The van der Waals surface area contributed by atoms with E-state index in [-0.39, 0.29) is 17.8 Å². The largest absolute Gasteiger partial charge is 0.433 e. The van der Waals surface area contributed by atoms with Crippen molar-refractivity contribution in [2.45, 2.75) is 26.1 Å². The molecule has 0 saturated heterocycles. The minimum atomic E-state index is -4.53. The zero-order valence-electron chi connectivity index (χ0n) is 12.1. The number of hydrogen-bond donors (Lipinski definition) is 1. The van der Waals surface area contributed by atoms with E-state index in [1.165, 1.54) is 0 Å². The van der Waals surface area contributed by atoms with Gasteiger partial charge in [0.1, 0.15) is 5.82 Å². The van der Waals surface area contributed by atoms with Gasteiger partial charge in [0.2, 0.25) is 5.95 Å². The Morgan fingerprint density at radius 3 is 2.35 bits per heavy atom. The first kappa shape index (κ1) is 16.5. The predicted molar refractivity (Wildman–Crippen MR) is 72.5 cm³/mol. The van der Waals surface area contributed by atoms with E-state index in [0.717, 1.165) is 6.07 Å². The van der Waals surface area contributed by atoms with Gasteiger partial charge in [0.15, 0.2) is 5.69 Å². The van der Waals surface area contributed by atoms with Crippen molar-refractivity contribution >= 4 is 11.8 Å². The zero-order chi connectivity index (χ0) is 15.5. The molecule has 5 nitrogen and oxygen atoms in total. The first-order chi connectivity index (χ1) is 9.15. The molecule has 1 atom stereocenters. The SMILES string of the molecule is CCN(c1cc(C(F)(F)F)nc(N)n1)C(C)CN(C)C. The molecular weight excluding hydrogens is 271 g/mol. The van der Waals surface area contributed by atoms with Crippen LogP contribution in [0.15, 0.2) is 6.07 Å². The lowest BCUT2D eigenvalue weighted by Crippen LogP contribution is -2.40. The Bertz CT molecular complexity index is 447. The Hall–Kier alpha value is -1.57. The fraction of sp³-hybridized carbons (Fsp3) is 0.667. The molecule has 20 heavy (non-hydrogen) atoms. The van der Waals surface area contributed by atoms with Crippen LogP contribution in [-0.2, 0) is 6.18 Å². The van der Waals surface area contributed by atoms with Crippen molar-refractivity contribution in [1.29, 1.82) is 0 Å². The number of nitrogen functional groups attached to an aromatic ring is 1. The maximum atomic E-state index is 12.8. The maximum Gasteiger partial charge on any atom is 0.433 e. The van der Waals surface area contributed by atoms with Gasteiger partial charge in [0.05, 0.1) is 0 Å². The molecule has 0 spiro atoms. The van der Waals surface area contributed by atoms with E-state index in [1.807, 2.05) is 32.8 Å². The molecule has 1 aromatic heterocycles. The number of aromatic nitrogens is 2. The molecule has 1 heterocycles. The molecule has 8 heteroatoms. The second kappa shape index (κ2) is 6.25. The van der Waals surface area contributed by atoms with Gasteiger partial charge in [-0.15, -0.1) is 0 Å². The van der Waals surface area contributed by atoms with Gasteiger partial charge in [-0.3, -0.25) is 0 Å². The summed E-state index contributed by atoms with van der Waals surface area (Å²) in [7, 11) is 3.81. The van der Waals surface area contributed by atoms with Crippen LogP contribution in [0.5, 0.6) is 0 Å². The highest BCUT2D eigenvalue weighted by Gasteiger charge is 2.34. The first-order valence-corrected chi connectivity index (χ1v) is 6.28. The number of alkyl halides is 3. The highest BCUT2D eigenvalue weighted by Crippen LogP contribution is 2.30. The maximum absolute atomic E-state index is 12.8. The van der Waals surface area contributed by atoms with Crippen LogP contribution in [0.2, 0.25) is 0 Å². The van der Waals surface area contributed by atoms with Crippen molar-refractivity contribution in [2.75, 3.05) is 37.8 Å². The van der Waals surface area contributed by atoms with Gasteiger partial charge in [-0.1, -0.05) is 0 Å². The third-order valence-corrected chi connectivity index (χ3v) is 2.82. The number of anilines is 2. The molecule has 1 unspecified atom stereocenters. The highest BCUT2D eigenvalue weighted by atomic mass is 19.4. The quantitative estimate of drug-likeness (QED) is 0.897. The molecule has 114 valence electrons. The van der Waals surface area contributed by atoms with Crippen LogP contribution in [0.25, 0.3) is 0 Å². The third-order valence-electron chi connectivity index (χ3n) is 2.82. The molecular formula is C12H20F3N5. The van der Waals surface area contributed by atoms with Gasteiger partial charge < -0.3 is 15.5 Å². The van der Waals surface area contributed by atoms with Crippen LogP contribution in [0.4, 0.5) is 24.9 Å². The van der Waals surface area contributed by atoms with Gasteiger partial charge in [-0.2, -0.15) is 18.2 Å². The number of likely N-dealkylation sites (N-methyl/N-ethyl adjacent to an activating group) is 2. The van der Waals surface area contributed by atoms with Gasteiger partial charge in [0.25, 0.3) is 0 Å². The second-order valence-corrected chi connectivity index (χ2v) is 4.86. The highest BCUT2D eigenvalue weighted by molar-refractivity contribution is 5.45. The number of hydrogen-bond acceptors (Lipinski definition) is 5. The van der Waals surface area contributed by atoms with E-state index >= 15 is 0 Å². The Labute approximate surface area is 116 Å². The summed E-state index contributed by atoms with van der Waals surface area (Å²) in [6, 6.07) is 0.942. The minimum Gasteiger partial charge on any atom is -0.368 e. The average molecular weight is 291 g/mol. The number of nitrogens with two attached hydrogens (primary N) is 1. The van der Waals surface area contributed by atoms with Crippen LogP contribution < -0.4 is 10.6 Å². The van der Waals surface area contributed by atoms with E-state index < -0.39 is 11.9 Å². The molecule has 1 aromatic rings. The summed E-state index contributed by atoms with van der Waals surface area (Å²) < 4.78 is 38.3. The molecule has 0 aliphatic carbocycles. The fourth-order valence-electron chi connectivity index (χ4n) is 2.07. The van der Waals surface area contributed by atoms with Gasteiger partial charge in [0, 0.05) is 25.2 Å². The molecule has 0 saturated carbocycles. The van der Waals surface area contributed by atoms with Gasteiger partial charge >= 0.3 is 6.18 Å². The van der Waals surface area contributed by atoms with Crippen molar-refractivity contribution in [3.05, 3.63) is 11.8 Å². The summed E-state index contributed by atoms with van der Waals surface area (Å²) in [6.07, 6.45) is -4.53. The van der Waals surface area contributed by atoms with E-state index in [2.05, 4.69) is 9.97 Å². The fourth-order valence-corrected chi connectivity index (χ4v) is 2.07. The smallest absolute Gasteiger partial charge is 0.368 e. The molecule has 0 aliphatic heterocycles. The Morgan fingerprint density at radius 2 is 1.90 bits per heavy atom. The first-order valence-electron chi connectivity index (χ1n) is 6.28. The van der Waals surface area contributed by atoms with Crippen molar-refractivity contribution in [3.63, 3.8) is 0 Å². The minimum absolute atomic E-state index is 0.00498. The Balaban J connectivity index is 3.12. The molecule has 0 aromatic carbocycles. The number of rotatable bonds is 5.